The molecule has 2 aromatic carbocycles. The van der Waals surface area contributed by atoms with E-state index in [9.17, 15) is 14.7 Å². The molecule has 190 valence electrons. The SMILES string of the molecule is C=CCC(N)(C(=O)OCC)c1ccc(O)cc1.CCOC(=O)C(C)c1ccc(O)cc1.I.II. The van der Waals surface area contributed by atoms with Crippen LogP contribution in [0.25, 0.3) is 0 Å². The first kappa shape index (κ1) is 35.0. The number of benzene rings is 2. The minimum Gasteiger partial charge on any atom is -0.508 e. The zero-order valence-corrected chi connectivity index (χ0v) is 26.0. The molecule has 2 unspecified atom stereocenters. The third-order valence-corrected chi connectivity index (χ3v) is 4.52. The van der Waals surface area contributed by atoms with E-state index in [4.69, 9.17) is 20.3 Å². The van der Waals surface area contributed by atoms with Crippen molar-refractivity contribution in [3.8, 4) is 11.5 Å². The minimum absolute atomic E-state index is 0. The lowest BCUT2D eigenvalue weighted by atomic mass is 9.87. The maximum absolute atomic E-state index is 11.9. The van der Waals surface area contributed by atoms with E-state index in [1.807, 2.05) is 0 Å². The summed E-state index contributed by atoms with van der Waals surface area (Å²) < 4.78 is 9.86. The molecule has 0 heterocycles. The number of carbonyl (C=O) groups is 2. The van der Waals surface area contributed by atoms with Gasteiger partial charge >= 0.3 is 11.9 Å². The quantitative estimate of drug-likeness (QED) is 0.167. The van der Waals surface area contributed by atoms with E-state index in [1.165, 1.54) is 12.1 Å². The summed E-state index contributed by atoms with van der Waals surface area (Å²) in [4.78, 5) is 23.2. The van der Waals surface area contributed by atoms with Crippen molar-refractivity contribution < 1.29 is 29.3 Å². The lowest BCUT2D eigenvalue weighted by Crippen LogP contribution is -2.45. The molecule has 0 saturated carbocycles. The van der Waals surface area contributed by atoms with E-state index in [0.29, 0.717) is 12.2 Å². The molecule has 0 aliphatic heterocycles. The van der Waals surface area contributed by atoms with Gasteiger partial charge in [0.2, 0.25) is 0 Å². The first-order valence-corrected chi connectivity index (χ1v) is 16.4. The Bertz CT molecular complexity index is 862. The lowest BCUT2D eigenvalue weighted by Gasteiger charge is -2.26. The molecule has 0 saturated heterocycles. The Balaban J connectivity index is 0. The molecule has 7 nitrogen and oxygen atoms in total. The first-order chi connectivity index (χ1) is 15.7. The van der Waals surface area contributed by atoms with Crippen molar-refractivity contribution in [1.82, 2.24) is 0 Å². The monoisotopic (exact) mass is 811 g/mol. The van der Waals surface area contributed by atoms with Crippen molar-refractivity contribution in [2.75, 3.05) is 13.2 Å². The molecule has 10 heteroatoms. The van der Waals surface area contributed by atoms with Crippen LogP contribution in [0.2, 0.25) is 0 Å². The van der Waals surface area contributed by atoms with Gasteiger partial charge in [-0.15, -0.1) is 30.6 Å². The highest BCUT2D eigenvalue weighted by Crippen LogP contribution is 2.26. The molecule has 0 radical (unpaired) electrons. The number of esters is 2. The van der Waals surface area contributed by atoms with Crippen LogP contribution in [0.3, 0.4) is 0 Å². The predicted octanol–water partition coefficient (Wildman–Crippen LogP) is 6.13. The molecular weight excluding hydrogens is 779 g/mol. The maximum Gasteiger partial charge on any atom is 0.331 e. The predicted molar refractivity (Wildman–Crippen MR) is 162 cm³/mol. The van der Waals surface area contributed by atoms with Crippen molar-refractivity contribution in [3.05, 3.63) is 72.3 Å². The molecule has 34 heavy (non-hydrogen) atoms. The number of halogens is 3. The number of aromatic hydroxyl groups is 2. The summed E-state index contributed by atoms with van der Waals surface area (Å²) in [6.07, 6.45) is 1.85. The number of carbonyl (C=O) groups excluding carboxylic acids is 2. The zero-order chi connectivity index (χ0) is 25.4. The van der Waals surface area contributed by atoms with Crippen molar-refractivity contribution in [3.63, 3.8) is 0 Å². The molecule has 0 fully saturated rings. The van der Waals surface area contributed by atoms with Crippen LogP contribution in [0, 0.1) is 0 Å². The Hall–Kier alpha value is -1.13. The fourth-order valence-corrected chi connectivity index (χ4v) is 2.73. The Morgan fingerprint density at radius 1 is 1.00 bits per heavy atom. The number of phenolic OH excluding ortho intramolecular Hbond substituents is 2. The molecule has 0 spiro atoms. The van der Waals surface area contributed by atoms with E-state index in [2.05, 4.69) is 43.8 Å². The Labute approximate surface area is 241 Å². The van der Waals surface area contributed by atoms with Crippen molar-refractivity contribution >= 4 is 73.1 Å². The average Bonchev–Trinajstić information content (AvgIpc) is 2.81. The molecule has 2 aromatic rings. The number of nitrogens with two attached hydrogens (primary N) is 1. The Kier molecular flexibility index (Phi) is 19.7. The van der Waals surface area contributed by atoms with Gasteiger partial charge in [0.1, 0.15) is 17.0 Å². The van der Waals surface area contributed by atoms with E-state index < -0.39 is 11.5 Å². The van der Waals surface area contributed by atoms with E-state index in [-0.39, 0.29) is 60.4 Å². The van der Waals surface area contributed by atoms with Crippen LogP contribution in [0.5, 0.6) is 11.5 Å². The van der Waals surface area contributed by atoms with Gasteiger partial charge in [0.15, 0.2) is 0 Å². The molecule has 4 N–H and O–H groups in total. The normalized spacial score (nSPS) is 12.1. The average molecular weight is 811 g/mol. The van der Waals surface area contributed by atoms with Crippen LogP contribution >= 0.6 is 61.2 Å². The van der Waals surface area contributed by atoms with Crippen LogP contribution in [0.1, 0.15) is 44.2 Å². The number of hydrogen-bond acceptors (Lipinski definition) is 7. The van der Waals surface area contributed by atoms with Crippen LogP contribution in [-0.2, 0) is 24.6 Å². The molecular formula is C24H32I3NO6. The topological polar surface area (TPSA) is 119 Å². The summed E-state index contributed by atoms with van der Waals surface area (Å²) in [6.45, 7) is 9.54. The van der Waals surface area contributed by atoms with Gasteiger partial charge in [0, 0.05) is 37.2 Å². The molecule has 0 bridgehead atoms. The van der Waals surface area contributed by atoms with Gasteiger partial charge < -0.3 is 25.4 Å². The van der Waals surface area contributed by atoms with Gasteiger partial charge in [-0.1, -0.05) is 30.3 Å². The standard InChI is InChI=1S/C13H17NO3.C11H14O3.I2.HI/c1-3-9-13(14,12(16)17-4-2)10-5-7-11(15)8-6-10;1-3-14-11(13)8(2)9-4-6-10(12)7-5-9;1-2;/h3,5-8,15H,1,4,9,14H2,2H3;4-8,12H,3H2,1-2H3;;1H. The lowest BCUT2D eigenvalue weighted by molar-refractivity contribution is -0.150. The molecule has 0 aliphatic rings. The van der Waals surface area contributed by atoms with E-state index in [1.54, 1.807) is 63.2 Å². The number of phenols is 2. The third kappa shape index (κ3) is 11.5. The van der Waals surface area contributed by atoms with Gasteiger partial charge in [0.05, 0.1) is 19.1 Å². The largest absolute Gasteiger partial charge is 0.508 e. The van der Waals surface area contributed by atoms with Gasteiger partial charge in [-0.2, -0.15) is 0 Å². The highest BCUT2D eigenvalue weighted by molar-refractivity contribution is 15.0. The van der Waals surface area contributed by atoms with Crippen LogP contribution in [0.15, 0.2) is 61.2 Å². The minimum atomic E-state index is -1.24. The van der Waals surface area contributed by atoms with E-state index >= 15 is 0 Å². The number of hydrogen-bond donors (Lipinski definition) is 3. The number of ether oxygens (including phenoxy) is 2. The second-order valence-electron chi connectivity index (χ2n) is 6.80. The molecule has 2 rings (SSSR count). The second-order valence-corrected chi connectivity index (χ2v) is 6.80. The van der Waals surface area contributed by atoms with Gasteiger partial charge in [-0.3, -0.25) is 4.79 Å². The molecule has 2 atom stereocenters. The van der Waals surface area contributed by atoms with E-state index in [0.717, 1.165) is 5.56 Å². The van der Waals surface area contributed by atoms with Crippen LogP contribution < -0.4 is 5.73 Å². The summed E-state index contributed by atoms with van der Waals surface area (Å²) >= 11 is 4.24. The third-order valence-electron chi connectivity index (χ3n) is 4.52. The summed E-state index contributed by atoms with van der Waals surface area (Å²) in [5, 5.41) is 18.3. The van der Waals surface area contributed by atoms with Crippen molar-refractivity contribution in [2.45, 2.75) is 38.6 Å². The van der Waals surface area contributed by atoms with Crippen molar-refractivity contribution in [1.29, 1.82) is 0 Å². The summed E-state index contributed by atoms with van der Waals surface area (Å²) in [5.41, 5.74) is 6.28. The summed E-state index contributed by atoms with van der Waals surface area (Å²) in [6, 6.07) is 12.7. The Morgan fingerprint density at radius 2 is 1.44 bits per heavy atom. The van der Waals surface area contributed by atoms with Gasteiger partial charge in [0.25, 0.3) is 0 Å². The fraction of sp³-hybridized carbons (Fsp3) is 0.333. The zero-order valence-electron chi connectivity index (χ0n) is 19.4. The Morgan fingerprint density at radius 3 is 1.85 bits per heavy atom. The first-order valence-electron chi connectivity index (χ1n) is 10.2. The smallest absolute Gasteiger partial charge is 0.331 e. The number of rotatable bonds is 8. The highest BCUT2D eigenvalue weighted by Gasteiger charge is 2.36. The van der Waals surface area contributed by atoms with Gasteiger partial charge in [-0.05, 0) is 62.6 Å². The molecule has 0 aliphatic carbocycles. The van der Waals surface area contributed by atoms with Crippen molar-refractivity contribution in [2.24, 2.45) is 5.73 Å². The highest BCUT2D eigenvalue weighted by atomic mass is 128. The van der Waals surface area contributed by atoms with Crippen LogP contribution in [0.4, 0.5) is 0 Å². The van der Waals surface area contributed by atoms with Crippen LogP contribution in [-0.4, -0.2) is 35.4 Å². The van der Waals surface area contributed by atoms with Gasteiger partial charge in [-0.25, -0.2) is 4.79 Å². The molecule has 0 aromatic heterocycles. The maximum atomic E-state index is 11.9. The molecule has 0 amide bonds. The fourth-order valence-electron chi connectivity index (χ4n) is 2.73. The summed E-state index contributed by atoms with van der Waals surface area (Å²) in [7, 11) is 0. The summed E-state index contributed by atoms with van der Waals surface area (Å²) in [5.74, 6) is -0.692. The second kappa shape index (κ2) is 19.1.